The maximum Gasteiger partial charge on any atom is 0.490 e. The number of nitrogens with one attached hydrogen (secondary N) is 2. The highest BCUT2D eigenvalue weighted by Gasteiger charge is 2.38. The van der Waals surface area contributed by atoms with Crippen LogP contribution in [0.2, 0.25) is 0 Å². The Bertz CT molecular complexity index is 1120. The van der Waals surface area contributed by atoms with Crippen molar-refractivity contribution in [3.63, 3.8) is 0 Å². The van der Waals surface area contributed by atoms with Gasteiger partial charge in [-0.25, -0.2) is 4.79 Å². The first kappa shape index (κ1) is 31.4. The number of alkyl halides is 3. The van der Waals surface area contributed by atoms with Gasteiger partial charge < -0.3 is 31.1 Å². The first-order valence-corrected chi connectivity index (χ1v) is 12.6. The van der Waals surface area contributed by atoms with Crippen molar-refractivity contribution in [3.8, 4) is 5.75 Å². The summed E-state index contributed by atoms with van der Waals surface area (Å²) in [7, 11) is 0. The Morgan fingerprint density at radius 1 is 1.08 bits per heavy atom. The van der Waals surface area contributed by atoms with Gasteiger partial charge in [0.1, 0.15) is 11.3 Å². The molecule has 3 rings (SSSR count). The highest BCUT2D eigenvalue weighted by molar-refractivity contribution is 6.00. The summed E-state index contributed by atoms with van der Waals surface area (Å²) in [6.07, 6.45) is -1.44. The van der Waals surface area contributed by atoms with Crippen molar-refractivity contribution >= 4 is 29.2 Å². The van der Waals surface area contributed by atoms with Gasteiger partial charge in [-0.15, -0.1) is 0 Å². The third kappa shape index (κ3) is 10.1. The quantitative estimate of drug-likeness (QED) is 0.349. The first-order chi connectivity index (χ1) is 18.4. The van der Waals surface area contributed by atoms with Gasteiger partial charge in [0, 0.05) is 31.0 Å². The van der Waals surface area contributed by atoms with Crippen molar-refractivity contribution < 1.29 is 37.4 Å². The van der Waals surface area contributed by atoms with Crippen LogP contribution in [0.5, 0.6) is 5.75 Å². The lowest BCUT2D eigenvalue weighted by Gasteiger charge is -2.29. The van der Waals surface area contributed by atoms with Crippen LogP contribution in [0.4, 0.5) is 24.5 Å². The van der Waals surface area contributed by atoms with E-state index in [1.54, 1.807) is 19.1 Å². The minimum Gasteiger partial charge on any atom is -0.484 e. The predicted octanol–water partition coefficient (Wildman–Crippen LogP) is 4.07. The summed E-state index contributed by atoms with van der Waals surface area (Å²) >= 11 is 0. The van der Waals surface area contributed by atoms with E-state index in [2.05, 4.69) is 21.6 Å². The normalized spacial score (nSPS) is 14.5. The lowest BCUT2D eigenvalue weighted by Crippen LogP contribution is -2.55. The molecule has 12 heteroatoms. The molecule has 2 aromatic rings. The molecule has 0 radical (unpaired) electrons. The van der Waals surface area contributed by atoms with Crippen LogP contribution in [0.25, 0.3) is 0 Å². The molecule has 1 aliphatic rings. The Morgan fingerprint density at radius 2 is 1.72 bits per heavy atom. The smallest absolute Gasteiger partial charge is 0.484 e. The number of hydrogen-bond acceptors (Lipinski definition) is 6. The van der Waals surface area contributed by atoms with Gasteiger partial charge in [-0.05, 0) is 62.1 Å². The fourth-order valence-electron chi connectivity index (χ4n) is 4.01. The minimum atomic E-state index is -5.08. The standard InChI is InChI=1S/C25H34N4O3.C2HF3O2/c1-3-12-25(2,28-23(30)18-32-22-11-6-8-19(15-22)17-26)24(31)27-20-9-7-10-21(16-20)29-13-4-5-14-29;3-2(4,5)1(6)7/h6-11,15-16H,3-5,12-14,17-18,26H2,1-2H3,(H,27,31)(H,28,30);(H,6,7). The zero-order chi connectivity index (χ0) is 29.1. The molecule has 39 heavy (non-hydrogen) atoms. The van der Waals surface area contributed by atoms with Gasteiger partial charge in [-0.1, -0.05) is 31.5 Å². The third-order valence-electron chi connectivity index (χ3n) is 5.99. The molecule has 1 fully saturated rings. The molecule has 0 saturated carbocycles. The molecule has 0 bridgehead atoms. The summed E-state index contributed by atoms with van der Waals surface area (Å²) in [4.78, 5) is 37.0. The monoisotopic (exact) mass is 552 g/mol. The number of carbonyl (C=O) groups excluding carboxylic acids is 2. The zero-order valence-electron chi connectivity index (χ0n) is 22.0. The number of nitrogens with zero attached hydrogens (tertiary/aromatic N) is 1. The zero-order valence-corrected chi connectivity index (χ0v) is 22.0. The van der Waals surface area contributed by atoms with E-state index in [9.17, 15) is 22.8 Å². The molecule has 5 N–H and O–H groups in total. The molecule has 1 atom stereocenters. The van der Waals surface area contributed by atoms with Gasteiger partial charge in [-0.3, -0.25) is 9.59 Å². The Balaban J connectivity index is 0.000000673. The number of halogens is 3. The molecule has 0 aromatic heterocycles. The average molecular weight is 553 g/mol. The van der Waals surface area contributed by atoms with Gasteiger partial charge >= 0.3 is 12.1 Å². The number of carboxylic acids is 1. The molecule has 0 aliphatic carbocycles. The van der Waals surface area contributed by atoms with Crippen LogP contribution in [0, 0.1) is 0 Å². The largest absolute Gasteiger partial charge is 0.490 e. The maximum atomic E-state index is 13.2. The van der Waals surface area contributed by atoms with Crippen molar-refractivity contribution in [1.82, 2.24) is 5.32 Å². The number of nitrogens with two attached hydrogens (primary N) is 1. The third-order valence-corrected chi connectivity index (χ3v) is 5.99. The minimum absolute atomic E-state index is 0.176. The van der Waals surface area contributed by atoms with Crippen molar-refractivity contribution in [3.05, 3.63) is 54.1 Å². The number of hydrogen-bond donors (Lipinski definition) is 4. The van der Waals surface area contributed by atoms with E-state index >= 15 is 0 Å². The first-order valence-electron chi connectivity index (χ1n) is 12.6. The van der Waals surface area contributed by atoms with Crippen LogP contribution in [0.3, 0.4) is 0 Å². The van der Waals surface area contributed by atoms with Crippen molar-refractivity contribution in [2.24, 2.45) is 5.73 Å². The van der Waals surface area contributed by atoms with Crippen LogP contribution in [-0.2, 0) is 20.9 Å². The number of amides is 2. The van der Waals surface area contributed by atoms with Gasteiger partial charge in [-0.2, -0.15) is 13.2 Å². The number of aliphatic carboxylic acids is 1. The average Bonchev–Trinajstić information content (AvgIpc) is 3.43. The van der Waals surface area contributed by atoms with Gasteiger partial charge in [0.25, 0.3) is 5.91 Å². The molecule has 9 nitrogen and oxygen atoms in total. The molecular weight excluding hydrogens is 517 g/mol. The van der Waals surface area contributed by atoms with E-state index in [0.717, 1.165) is 36.4 Å². The number of carbonyl (C=O) groups is 3. The lowest BCUT2D eigenvalue weighted by molar-refractivity contribution is -0.192. The Kier molecular flexibility index (Phi) is 11.6. The molecule has 0 spiro atoms. The van der Waals surface area contributed by atoms with E-state index < -0.39 is 17.7 Å². The van der Waals surface area contributed by atoms with Crippen LogP contribution >= 0.6 is 0 Å². The summed E-state index contributed by atoms with van der Waals surface area (Å²) in [5.74, 6) is -2.77. The molecule has 1 unspecified atom stereocenters. The van der Waals surface area contributed by atoms with Gasteiger partial charge in [0.05, 0.1) is 0 Å². The molecule has 1 saturated heterocycles. The topological polar surface area (TPSA) is 134 Å². The van der Waals surface area contributed by atoms with Crippen molar-refractivity contribution in [2.75, 3.05) is 29.9 Å². The SMILES string of the molecule is CCCC(C)(NC(=O)COc1cccc(CN)c1)C(=O)Nc1cccc(N2CCCC2)c1.O=C(O)C(F)(F)F. The van der Waals surface area contributed by atoms with Crippen LogP contribution < -0.4 is 26.0 Å². The molecular formula is C27H35F3N4O5. The summed E-state index contributed by atoms with van der Waals surface area (Å²) in [5, 5.41) is 13.0. The highest BCUT2D eigenvalue weighted by atomic mass is 19.4. The fourth-order valence-corrected chi connectivity index (χ4v) is 4.01. The molecule has 1 aliphatic heterocycles. The van der Waals surface area contributed by atoms with Crippen molar-refractivity contribution in [2.45, 2.75) is 57.8 Å². The molecule has 2 amide bonds. The lowest BCUT2D eigenvalue weighted by atomic mass is 9.94. The molecule has 1 heterocycles. The van der Waals surface area contributed by atoms with Crippen LogP contribution in [0.15, 0.2) is 48.5 Å². The molecule has 214 valence electrons. The summed E-state index contributed by atoms with van der Waals surface area (Å²) in [6.45, 7) is 6.04. The van der Waals surface area contributed by atoms with E-state index in [1.165, 1.54) is 12.8 Å². The van der Waals surface area contributed by atoms with Crippen LogP contribution in [-0.4, -0.2) is 54.3 Å². The van der Waals surface area contributed by atoms with E-state index in [4.69, 9.17) is 20.4 Å². The number of benzene rings is 2. The summed E-state index contributed by atoms with van der Waals surface area (Å²) in [6, 6.07) is 15.2. The van der Waals surface area contributed by atoms with E-state index in [1.807, 2.05) is 37.3 Å². The predicted molar refractivity (Wildman–Crippen MR) is 141 cm³/mol. The van der Waals surface area contributed by atoms with Gasteiger partial charge in [0.2, 0.25) is 5.91 Å². The Labute approximate surface area is 225 Å². The summed E-state index contributed by atoms with van der Waals surface area (Å²) < 4.78 is 37.3. The maximum absolute atomic E-state index is 13.2. The van der Waals surface area contributed by atoms with Crippen LogP contribution in [0.1, 0.15) is 45.1 Å². The summed E-state index contributed by atoms with van der Waals surface area (Å²) in [5.41, 5.74) is 7.37. The molecule has 2 aromatic carbocycles. The Hall–Kier alpha value is -3.80. The number of carboxylic acid groups (broad SMARTS) is 1. The second-order valence-electron chi connectivity index (χ2n) is 9.27. The van der Waals surface area contributed by atoms with E-state index in [0.29, 0.717) is 18.7 Å². The Morgan fingerprint density at radius 3 is 2.31 bits per heavy atom. The second kappa shape index (κ2) is 14.4. The number of anilines is 2. The van der Waals surface area contributed by atoms with Crippen molar-refractivity contribution in [1.29, 1.82) is 0 Å². The highest BCUT2D eigenvalue weighted by Crippen LogP contribution is 2.24. The second-order valence-corrected chi connectivity index (χ2v) is 9.27. The fraction of sp³-hybridized carbons (Fsp3) is 0.444. The number of rotatable bonds is 10. The van der Waals surface area contributed by atoms with Gasteiger partial charge in [0.15, 0.2) is 6.61 Å². The van der Waals surface area contributed by atoms with E-state index in [-0.39, 0.29) is 18.4 Å². The number of ether oxygens (including phenoxy) is 1.